The number of nitrogens with zero attached hydrogens (tertiary/aromatic N) is 1. The lowest BCUT2D eigenvalue weighted by Gasteiger charge is -2.19. The molecule has 0 aliphatic rings. The molecule has 7 heteroatoms. The molecule has 1 aromatic carbocycles. The second-order valence-electron chi connectivity index (χ2n) is 4.57. The summed E-state index contributed by atoms with van der Waals surface area (Å²) in [7, 11) is -3.72. The van der Waals surface area contributed by atoms with Crippen molar-refractivity contribution in [3.05, 3.63) is 28.8 Å². The normalized spacial score (nSPS) is 12.2. The van der Waals surface area contributed by atoms with Crippen LogP contribution in [0.2, 0.25) is 5.02 Å². The van der Waals surface area contributed by atoms with Crippen molar-refractivity contribution in [3.8, 4) is 6.07 Å². The third-order valence-electron chi connectivity index (χ3n) is 2.07. The Kier molecular flexibility index (Phi) is 4.35. The molecule has 0 amide bonds. The van der Waals surface area contributed by atoms with Gasteiger partial charge in [-0.05, 0) is 32.0 Å². The first kappa shape index (κ1) is 14.9. The maximum atomic E-state index is 12.0. The molecule has 1 aromatic rings. The third-order valence-corrected chi connectivity index (χ3v) is 3.95. The van der Waals surface area contributed by atoms with Crippen molar-refractivity contribution in [2.75, 3.05) is 6.54 Å². The Morgan fingerprint density at radius 1 is 1.50 bits per heavy atom. The Morgan fingerprint density at radius 2 is 2.11 bits per heavy atom. The quantitative estimate of drug-likeness (QED) is 0.870. The summed E-state index contributed by atoms with van der Waals surface area (Å²) in [6.45, 7) is 3.50. The van der Waals surface area contributed by atoms with E-state index in [-0.39, 0.29) is 16.5 Å². The number of rotatable bonds is 4. The molecular formula is C11H14ClN3O2S. The smallest absolute Gasteiger partial charge is 0.242 e. The second-order valence-corrected chi connectivity index (χ2v) is 6.71. The van der Waals surface area contributed by atoms with E-state index in [4.69, 9.17) is 22.6 Å². The predicted octanol–water partition coefficient (Wildman–Crippen LogP) is 1.23. The topological polar surface area (TPSA) is 96.0 Å². The molecule has 5 nitrogen and oxygen atoms in total. The van der Waals surface area contributed by atoms with E-state index in [1.165, 1.54) is 18.2 Å². The van der Waals surface area contributed by atoms with E-state index in [9.17, 15) is 8.42 Å². The van der Waals surface area contributed by atoms with E-state index in [1.54, 1.807) is 13.8 Å². The van der Waals surface area contributed by atoms with Gasteiger partial charge in [-0.1, -0.05) is 11.6 Å². The van der Waals surface area contributed by atoms with Crippen LogP contribution in [0.3, 0.4) is 0 Å². The van der Waals surface area contributed by atoms with Gasteiger partial charge in [0.2, 0.25) is 10.0 Å². The molecule has 0 saturated heterocycles. The first-order valence-electron chi connectivity index (χ1n) is 5.14. The van der Waals surface area contributed by atoms with Gasteiger partial charge in [0.15, 0.2) is 0 Å². The van der Waals surface area contributed by atoms with Crippen LogP contribution >= 0.6 is 11.6 Å². The summed E-state index contributed by atoms with van der Waals surface area (Å²) >= 11 is 5.84. The fourth-order valence-electron chi connectivity index (χ4n) is 1.15. The average Bonchev–Trinajstić information content (AvgIpc) is 2.25. The molecule has 0 heterocycles. The lowest BCUT2D eigenvalue weighted by molar-refractivity contribution is 0.498. The van der Waals surface area contributed by atoms with Crippen LogP contribution in [-0.4, -0.2) is 20.5 Å². The van der Waals surface area contributed by atoms with Gasteiger partial charge in [-0.25, -0.2) is 13.1 Å². The first-order chi connectivity index (χ1) is 8.15. The predicted molar refractivity (Wildman–Crippen MR) is 69.6 cm³/mol. The van der Waals surface area contributed by atoms with E-state index in [0.29, 0.717) is 5.56 Å². The number of nitriles is 1. The zero-order chi connectivity index (χ0) is 14.0. The first-order valence-corrected chi connectivity index (χ1v) is 7.00. The maximum Gasteiger partial charge on any atom is 0.242 e. The van der Waals surface area contributed by atoms with E-state index in [1.807, 2.05) is 6.07 Å². The molecule has 0 spiro atoms. The van der Waals surface area contributed by atoms with Gasteiger partial charge in [-0.3, -0.25) is 0 Å². The molecule has 0 saturated carbocycles. The molecule has 3 N–H and O–H groups in total. The van der Waals surface area contributed by atoms with Crippen LogP contribution < -0.4 is 10.5 Å². The Morgan fingerprint density at radius 3 is 2.56 bits per heavy atom. The zero-order valence-corrected chi connectivity index (χ0v) is 11.6. The van der Waals surface area contributed by atoms with Gasteiger partial charge in [0.25, 0.3) is 0 Å². The molecule has 18 heavy (non-hydrogen) atoms. The van der Waals surface area contributed by atoms with Crippen LogP contribution in [0.1, 0.15) is 19.4 Å². The van der Waals surface area contributed by atoms with Gasteiger partial charge in [0.05, 0.1) is 16.7 Å². The van der Waals surface area contributed by atoms with Crippen molar-refractivity contribution >= 4 is 21.6 Å². The highest BCUT2D eigenvalue weighted by Crippen LogP contribution is 2.22. The molecule has 0 radical (unpaired) electrons. The third kappa shape index (κ3) is 3.96. The summed E-state index contributed by atoms with van der Waals surface area (Å²) in [6.07, 6.45) is 0. The molecule has 0 unspecified atom stereocenters. The van der Waals surface area contributed by atoms with Crippen molar-refractivity contribution in [2.45, 2.75) is 24.3 Å². The van der Waals surface area contributed by atoms with E-state index < -0.39 is 15.6 Å². The lowest BCUT2D eigenvalue weighted by Crippen LogP contribution is -2.45. The molecule has 1 rings (SSSR count). The summed E-state index contributed by atoms with van der Waals surface area (Å²) < 4.78 is 26.3. The number of hydrogen-bond acceptors (Lipinski definition) is 4. The van der Waals surface area contributed by atoms with Crippen LogP contribution in [0.25, 0.3) is 0 Å². The molecule has 0 aliphatic heterocycles. The molecule has 0 atom stereocenters. The van der Waals surface area contributed by atoms with Crippen LogP contribution in [0.4, 0.5) is 0 Å². The number of hydrogen-bond donors (Lipinski definition) is 2. The minimum Gasteiger partial charge on any atom is -0.324 e. The number of nitrogens with two attached hydrogens (primary N) is 1. The Labute approximate surface area is 112 Å². The minimum absolute atomic E-state index is 0.0105. The molecule has 98 valence electrons. The number of sulfonamides is 1. The standard InChI is InChI=1S/C11H14ClN3O2S/c1-11(2,14)7-15-18(16,17)10-4-3-8(6-13)5-9(10)12/h3-5,15H,7,14H2,1-2H3. The highest BCUT2D eigenvalue weighted by molar-refractivity contribution is 7.89. The van der Waals surface area contributed by atoms with Crippen molar-refractivity contribution in [2.24, 2.45) is 5.73 Å². The fourth-order valence-corrected chi connectivity index (χ4v) is 2.91. The average molecular weight is 288 g/mol. The fraction of sp³-hybridized carbons (Fsp3) is 0.364. The van der Waals surface area contributed by atoms with E-state index >= 15 is 0 Å². The SMILES string of the molecule is CC(C)(N)CNS(=O)(=O)c1ccc(C#N)cc1Cl. The molecule has 0 aliphatic carbocycles. The second kappa shape index (κ2) is 5.24. The summed E-state index contributed by atoms with van der Waals surface area (Å²) in [4.78, 5) is -0.0626. The molecular weight excluding hydrogens is 274 g/mol. The molecule has 0 bridgehead atoms. The highest BCUT2D eigenvalue weighted by atomic mass is 35.5. The van der Waals surface area contributed by atoms with Crippen molar-refractivity contribution in [1.29, 1.82) is 5.26 Å². The summed E-state index contributed by atoms with van der Waals surface area (Å²) in [5.41, 5.74) is 5.34. The number of benzene rings is 1. The van der Waals surface area contributed by atoms with Gasteiger partial charge >= 0.3 is 0 Å². The van der Waals surface area contributed by atoms with Gasteiger partial charge in [0, 0.05) is 12.1 Å². The van der Waals surface area contributed by atoms with Gasteiger partial charge < -0.3 is 5.73 Å². The van der Waals surface area contributed by atoms with Gasteiger partial charge in [0.1, 0.15) is 4.90 Å². The zero-order valence-electron chi connectivity index (χ0n) is 10.1. The number of nitrogens with one attached hydrogen (secondary N) is 1. The van der Waals surface area contributed by atoms with Crippen LogP contribution in [-0.2, 0) is 10.0 Å². The van der Waals surface area contributed by atoms with Crippen molar-refractivity contribution in [1.82, 2.24) is 4.72 Å². The van der Waals surface area contributed by atoms with Crippen LogP contribution in [0.5, 0.6) is 0 Å². The van der Waals surface area contributed by atoms with E-state index in [2.05, 4.69) is 4.72 Å². The molecule has 0 aromatic heterocycles. The van der Waals surface area contributed by atoms with Crippen LogP contribution in [0.15, 0.2) is 23.1 Å². The van der Waals surface area contributed by atoms with E-state index in [0.717, 1.165) is 0 Å². The summed E-state index contributed by atoms with van der Waals surface area (Å²) in [5, 5.41) is 8.69. The Bertz CT molecular complexity index is 585. The molecule has 0 fully saturated rings. The van der Waals surface area contributed by atoms with Gasteiger partial charge in [-0.2, -0.15) is 5.26 Å². The van der Waals surface area contributed by atoms with Crippen LogP contribution in [0, 0.1) is 11.3 Å². The van der Waals surface area contributed by atoms with Crippen molar-refractivity contribution in [3.63, 3.8) is 0 Å². The van der Waals surface area contributed by atoms with Gasteiger partial charge in [-0.15, -0.1) is 0 Å². The highest BCUT2D eigenvalue weighted by Gasteiger charge is 2.21. The Balaban J connectivity index is 3.03. The number of halogens is 1. The largest absolute Gasteiger partial charge is 0.324 e. The minimum atomic E-state index is -3.72. The Hall–Kier alpha value is -1.13. The lowest BCUT2D eigenvalue weighted by atomic mass is 10.1. The monoisotopic (exact) mass is 287 g/mol. The summed E-state index contributed by atoms with van der Waals surface area (Å²) in [6, 6.07) is 5.89. The maximum absolute atomic E-state index is 12.0. The van der Waals surface area contributed by atoms with Crippen molar-refractivity contribution < 1.29 is 8.42 Å². The summed E-state index contributed by atoms with van der Waals surface area (Å²) in [5.74, 6) is 0.